The monoisotopic (exact) mass is 270 g/mol. The molecule has 2 amide bonds. The quantitative estimate of drug-likeness (QED) is 0.733. The minimum Gasteiger partial charge on any atom is -0.480 e. The highest BCUT2D eigenvalue weighted by molar-refractivity contribution is 5.82. The lowest BCUT2D eigenvalue weighted by atomic mass is 9.75. The molecule has 110 valence electrons. The highest BCUT2D eigenvalue weighted by atomic mass is 16.4. The van der Waals surface area contributed by atoms with Crippen LogP contribution in [0.2, 0.25) is 0 Å². The summed E-state index contributed by atoms with van der Waals surface area (Å²) in [5, 5.41) is 14.5. The molecule has 3 N–H and O–H groups in total. The van der Waals surface area contributed by atoms with E-state index < -0.39 is 12.0 Å². The average molecular weight is 270 g/mol. The van der Waals surface area contributed by atoms with Crippen molar-refractivity contribution >= 4 is 12.0 Å². The first-order valence-corrected chi connectivity index (χ1v) is 7.01. The minimum atomic E-state index is -0.992. The number of hydrogen-bond acceptors (Lipinski definition) is 2. The lowest BCUT2D eigenvalue weighted by molar-refractivity contribution is -0.140. The second-order valence-corrected chi connectivity index (χ2v) is 6.64. The second kappa shape index (κ2) is 6.26. The second-order valence-electron chi connectivity index (χ2n) is 6.64. The van der Waals surface area contributed by atoms with Crippen molar-refractivity contribution < 1.29 is 14.7 Å². The first kappa shape index (κ1) is 15.8. The molecule has 0 aromatic carbocycles. The molecular weight excluding hydrogens is 244 g/mol. The van der Waals surface area contributed by atoms with Crippen LogP contribution in [0.3, 0.4) is 0 Å². The number of carboxylic acids is 1. The first-order valence-electron chi connectivity index (χ1n) is 7.01. The van der Waals surface area contributed by atoms with Crippen molar-refractivity contribution in [3.63, 3.8) is 0 Å². The third-order valence-corrected chi connectivity index (χ3v) is 3.76. The summed E-state index contributed by atoms with van der Waals surface area (Å²) in [7, 11) is 0. The van der Waals surface area contributed by atoms with E-state index in [0.29, 0.717) is 0 Å². The van der Waals surface area contributed by atoms with Gasteiger partial charge in [0.15, 0.2) is 0 Å². The number of aliphatic carboxylic acids is 1. The molecule has 5 nitrogen and oxygen atoms in total. The number of rotatable bonds is 4. The Hall–Kier alpha value is -1.26. The van der Waals surface area contributed by atoms with Crippen LogP contribution < -0.4 is 10.6 Å². The molecule has 0 spiro atoms. The van der Waals surface area contributed by atoms with E-state index >= 15 is 0 Å². The van der Waals surface area contributed by atoms with Gasteiger partial charge in [0.2, 0.25) is 0 Å². The van der Waals surface area contributed by atoms with Crippen molar-refractivity contribution in [3.8, 4) is 0 Å². The Morgan fingerprint density at radius 2 is 1.95 bits per heavy atom. The lowest BCUT2D eigenvalue weighted by Gasteiger charge is -2.35. The lowest BCUT2D eigenvalue weighted by Crippen LogP contribution is -2.52. The van der Waals surface area contributed by atoms with Crippen LogP contribution in [0.1, 0.15) is 53.4 Å². The number of amides is 2. The molecule has 1 fully saturated rings. The number of carboxylic acid groups (broad SMARTS) is 1. The zero-order valence-electron chi connectivity index (χ0n) is 12.3. The molecule has 5 heteroatoms. The predicted octanol–water partition coefficient (Wildman–Crippen LogP) is 2.36. The summed E-state index contributed by atoms with van der Waals surface area (Å²) in [4.78, 5) is 22.9. The van der Waals surface area contributed by atoms with Gasteiger partial charge in [-0.05, 0) is 30.6 Å². The molecule has 1 unspecified atom stereocenters. The standard InChI is InChI=1S/C14H26N2O3/c1-9(2)11(12(17)18)16-13(19)15-10-6-5-7-14(3,4)8-10/h9-11H,5-8H2,1-4H3,(H,17,18)(H2,15,16,19)/t10?,11-/m0/s1. The van der Waals surface area contributed by atoms with E-state index in [1.807, 2.05) is 0 Å². The summed E-state index contributed by atoms with van der Waals surface area (Å²) >= 11 is 0. The molecule has 1 rings (SSSR count). The van der Waals surface area contributed by atoms with Gasteiger partial charge in [-0.15, -0.1) is 0 Å². The van der Waals surface area contributed by atoms with Crippen LogP contribution in [0, 0.1) is 11.3 Å². The molecule has 1 saturated carbocycles. The van der Waals surface area contributed by atoms with Gasteiger partial charge >= 0.3 is 12.0 Å². The van der Waals surface area contributed by atoms with Crippen molar-refractivity contribution in [1.29, 1.82) is 0 Å². The summed E-state index contributed by atoms with van der Waals surface area (Å²) in [5.41, 5.74) is 0.250. The third kappa shape index (κ3) is 5.09. The number of nitrogens with one attached hydrogen (secondary N) is 2. The number of hydrogen-bond donors (Lipinski definition) is 3. The van der Waals surface area contributed by atoms with Crippen LogP contribution >= 0.6 is 0 Å². The maximum Gasteiger partial charge on any atom is 0.326 e. The van der Waals surface area contributed by atoms with Crippen LogP contribution in [0.4, 0.5) is 4.79 Å². The zero-order chi connectivity index (χ0) is 14.6. The van der Waals surface area contributed by atoms with E-state index in [4.69, 9.17) is 5.11 Å². The van der Waals surface area contributed by atoms with Gasteiger partial charge in [-0.1, -0.05) is 34.1 Å². The van der Waals surface area contributed by atoms with Gasteiger partial charge in [-0.2, -0.15) is 0 Å². The van der Waals surface area contributed by atoms with Crippen molar-refractivity contribution in [2.24, 2.45) is 11.3 Å². The Morgan fingerprint density at radius 3 is 2.42 bits per heavy atom. The van der Waals surface area contributed by atoms with Crippen molar-refractivity contribution in [1.82, 2.24) is 10.6 Å². The molecule has 1 aliphatic rings. The average Bonchev–Trinajstić information content (AvgIpc) is 2.23. The normalized spacial score (nSPS) is 23.7. The molecule has 0 bridgehead atoms. The summed E-state index contributed by atoms with van der Waals surface area (Å²) < 4.78 is 0. The molecule has 0 heterocycles. The van der Waals surface area contributed by atoms with E-state index in [-0.39, 0.29) is 23.4 Å². The van der Waals surface area contributed by atoms with Crippen molar-refractivity contribution in [2.75, 3.05) is 0 Å². The minimum absolute atomic E-state index is 0.133. The fraction of sp³-hybridized carbons (Fsp3) is 0.857. The highest BCUT2D eigenvalue weighted by Gasteiger charge is 2.30. The van der Waals surface area contributed by atoms with Crippen LogP contribution in [-0.2, 0) is 4.79 Å². The fourth-order valence-electron chi connectivity index (χ4n) is 2.70. The highest BCUT2D eigenvalue weighted by Crippen LogP contribution is 2.34. The van der Waals surface area contributed by atoms with Gasteiger partial charge in [0.05, 0.1) is 0 Å². The Labute approximate surface area is 115 Å². The van der Waals surface area contributed by atoms with Crippen LogP contribution in [0.25, 0.3) is 0 Å². The summed E-state index contributed by atoms with van der Waals surface area (Å²) in [6.07, 6.45) is 4.19. The molecule has 1 aliphatic carbocycles. The summed E-state index contributed by atoms with van der Waals surface area (Å²) in [6.45, 7) is 7.96. The zero-order valence-corrected chi connectivity index (χ0v) is 12.3. The van der Waals surface area contributed by atoms with Crippen LogP contribution in [0.15, 0.2) is 0 Å². The molecule has 0 radical (unpaired) electrons. The molecule has 0 aromatic heterocycles. The Kier molecular flexibility index (Phi) is 5.20. The number of carbonyl (C=O) groups excluding carboxylic acids is 1. The third-order valence-electron chi connectivity index (χ3n) is 3.76. The molecule has 0 saturated heterocycles. The summed E-state index contributed by atoms with van der Waals surface area (Å²) in [5.74, 6) is -1.12. The Balaban J connectivity index is 2.48. The predicted molar refractivity (Wildman–Crippen MR) is 74.0 cm³/mol. The fourth-order valence-corrected chi connectivity index (χ4v) is 2.70. The van der Waals surface area contributed by atoms with Crippen molar-refractivity contribution in [3.05, 3.63) is 0 Å². The smallest absolute Gasteiger partial charge is 0.326 e. The van der Waals surface area contributed by atoms with Gasteiger partial charge in [0.1, 0.15) is 6.04 Å². The number of urea groups is 1. The largest absolute Gasteiger partial charge is 0.480 e. The molecule has 0 aromatic rings. The van der Waals surface area contributed by atoms with Gasteiger partial charge in [-0.3, -0.25) is 0 Å². The van der Waals surface area contributed by atoms with E-state index in [9.17, 15) is 9.59 Å². The first-order chi connectivity index (χ1) is 8.71. The van der Waals surface area contributed by atoms with E-state index in [1.54, 1.807) is 13.8 Å². The topological polar surface area (TPSA) is 78.4 Å². The molecular formula is C14H26N2O3. The van der Waals surface area contributed by atoms with Gasteiger partial charge in [-0.25, -0.2) is 9.59 Å². The Bertz CT molecular complexity index is 340. The van der Waals surface area contributed by atoms with Gasteiger partial charge in [0.25, 0.3) is 0 Å². The van der Waals surface area contributed by atoms with E-state index in [1.165, 1.54) is 6.42 Å². The van der Waals surface area contributed by atoms with Crippen LogP contribution in [-0.4, -0.2) is 29.2 Å². The Morgan fingerprint density at radius 1 is 1.32 bits per heavy atom. The maximum atomic E-state index is 11.9. The van der Waals surface area contributed by atoms with E-state index in [0.717, 1.165) is 19.3 Å². The van der Waals surface area contributed by atoms with Crippen molar-refractivity contribution in [2.45, 2.75) is 65.5 Å². The van der Waals surface area contributed by atoms with E-state index in [2.05, 4.69) is 24.5 Å². The molecule has 0 aliphatic heterocycles. The van der Waals surface area contributed by atoms with Gasteiger partial charge < -0.3 is 15.7 Å². The summed E-state index contributed by atoms with van der Waals surface area (Å²) in [6, 6.07) is -1.06. The van der Waals surface area contributed by atoms with Crippen LogP contribution in [0.5, 0.6) is 0 Å². The number of carbonyl (C=O) groups is 2. The maximum absolute atomic E-state index is 11.9. The van der Waals surface area contributed by atoms with Gasteiger partial charge in [0, 0.05) is 6.04 Å². The molecule has 19 heavy (non-hydrogen) atoms. The molecule has 2 atom stereocenters. The SMILES string of the molecule is CC(C)[C@H](NC(=O)NC1CCCC(C)(C)C1)C(=O)O.